The molecule has 1 aromatic heterocycles. The highest BCUT2D eigenvalue weighted by molar-refractivity contribution is 9.18. The fraction of sp³-hybridized carbons (Fsp3) is 0. The van der Waals surface area contributed by atoms with E-state index in [2.05, 4.69) is 47.8 Å². The molecule has 0 unspecified atom stereocenters. The van der Waals surface area contributed by atoms with Gasteiger partial charge in [0.15, 0.2) is 5.70 Å². The SMILES string of the molecule is F[B-]1(F)n2c(Br)ccc2C(c2cc(Cl)cc(Br)c2)=C2C=CC(Br)=[N+]21. The predicted molar refractivity (Wildman–Crippen MR) is 104 cm³/mol. The standard InChI is InChI=1S/C15H7BBr3ClF2N2/c17-9-5-8(6-10(20)7-9)15-11-1-3-13(18)23(11)16(21,22)24-12(15)2-4-14(24)19/h1-7H. The summed E-state index contributed by atoms with van der Waals surface area (Å²) >= 11 is 16.1. The third-order valence-corrected chi connectivity index (χ3v) is 5.99. The number of hydrogen-bond acceptors (Lipinski definition) is 0. The minimum Gasteiger partial charge on any atom is -0.389 e. The molecule has 0 saturated heterocycles. The van der Waals surface area contributed by atoms with E-state index < -0.39 is 6.97 Å². The maximum atomic E-state index is 15.1. The average molecular weight is 539 g/mol. The number of benzene rings is 1. The molecule has 122 valence electrons. The summed E-state index contributed by atoms with van der Waals surface area (Å²) in [4.78, 5) is 0. The highest BCUT2D eigenvalue weighted by atomic mass is 79.9. The fourth-order valence-corrected chi connectivity index (χ4v) is 5.13. The largest absolute Gasteiger partial charge is 0.738 e. The molecule has 0 spiro atoms. The summed E-state index contributed by atoms with van der Waals surface area (Å²) in [7, 11) is 0. The highest BCUT2D eigenvalue weighted by Crippen LogP contribution is 2.42. The summed E-state index contributed by atoms with van der Waals surface area (Å²) < 4.78 is 33.7. The lowest BCUT2D eigenvalue weighted by Gasteiger charge is -2.32. The predicted octanol–water partition coefficient (Wildman–Crippen LogP) is 6.04. The van der Waals surface area contributed by atoms with E-state index in [0.29, 0.717) is 31.2 Å². The summed E-state index contributed by atoms with van der Waals surface area (Å²) in [6, 6.07) is 8.72. The second-order valence-electron chi connectivity index (χ2n) is 5.44. The van der Waals surface area contributed by atoms with Gasteiger partial charge >= 0.3 is 6.97 Å². The van der Waals surface area contributed by atoms with E-state index in [9.17, 15) is 0 Å². The lowest BCUT2D eigenvalue weighted by Crippen LogP contribution is -2.50. The zero-order valence-corrected chi connectivity index (χ0v) is 17.3. The van der Waals surface area contributed by atoms with Gasteiger partial charge in [-0.1, -0.05) is 27.5 Å². The first-order valence-electron chi connectivity index (χ1n) is 6.91. The Morgan fingerprint density at radius 2 is 1.79 bits per heavy atom. The van der Waals surface area contributed by atoms with Crippen molar-refractivity contribution >= 4 is 76.6 Å². The maximum Gasteiger partial charge on any atom is 0.738 e. The first-order valence-corrected chi connectivity index (χ1v) is 9.66. The molecule has 0 amide bonds. The molecule has 2 aromatic rings. The van der Waals surface area contributed by atoms with E-state index in [1.807, 2.05) is 6.07 Å². The van der Waals surface area contributed by atoms with E-state index in [4.69, 9.17) is 11.6 Å². The van der Waals surface area contributed by atoms with Crippen LogP contribution in [0, 0.1) is 0 Å². The lowest BCUT2D eigenvalue weighted by atomic mass is 9.86. The van der Waals surface area contributed by atoms with Crippen molar-refractivity contribution in [3.05, 3.63) is 73.5 Å². The smallest absolute Gasteiger partial charge is 0.389 e. The molecule has 0 atom stereocenters. The van der Waals surface area contributed by atoms with E-state index in [1.165, 1.54) is 0 Å². The Kier molecular flexibility index (Phi) is 3.95. The molecule has 0 bridgehead atoms. The van der Waals surface area contributed by atoms with Crippen molar-refractivity contribution < 1.29 is 13.1 Å². The number of rotatable bonds is 1. The Hall–Kier alpha value is -0.695. The van der Waals surface area contributed by atoms with Gasteiger partial charge in [-0.15, -0.1) is 0 Å². The molecule has 9 heteroatoms. The van der Waals surface area contributed by atoms with E-state index >= 15 is 8.63 Å². The van der Waals surface area contributed by atoms with Crippen LogP contribution in [0.25, 0.3) is 5.57 Å². The molecule has 0 N–H and O–H groups in total. The van der Waals surface area contributed by atoms with Crippen molar-refractivity contribution in [2.45, 2.75) is 0 Å². The lowest BCUT2D eigenvalue weighted by molar-refractivity contribution is -0.358. The van der Waals surface area contributed by atoms with E-state index in [1.54, 1.807) is 36.4 Å². The van der Waals surface area contributed by atoms with Crippen LogP contribution in [0.4, 0.5) is 8.63 Å². The summed E-state index contributed by atoms with van der Waals surface area (Å²) in [5, 5.41) is 0.532. The molecule has 1 aromatic carbocycles. The van der Waals surface area contributed by atoms with Gasteiger partial charge in [-0.3, -0.25) is 0 Å². The van der Waals surface area contributed by atoms with Crippen LogP contribution in [0.2, 0.25) is 5.02 Å². The van der Waals surface area contributed by atoms with Crippen LogP contribution in [0.3, 0.4) is 0 Å². The molecule has 0 aliphatic carbocycles. The van der Waals surface area contributed by atoms with Gasteiger partial charge in [-0.2, -0.15) is 0 Å². The normalized spacial score (nSPS) is 18.2. The van der Waals surface area contributed by atoms with Gasteiger partial charge in [0.05, 0.1) is 10.2 Å². The third kappa shape index (κ3) is 2.34. The molecule has 24 heavy (non-hydrogen) atoms. The number of fused-ring (bicyclic) bond motifs is 2. The molecular weight excluding hydrogens is 532 g/mol. The second-order valence-corrected chi connectivity index (χ2v) is 8.42. The monoisotopic (exact) mass is 536 g/mol. The number of nitrogens with zero attached hydrogens (tertiary/aromatic N) is 2. The Labute approximate surface area is 166 Å². The summed E-state index contributed by atoms with van der Waals surface area (Å²) in [6.45, 7) is -4.01. The average Bonchev–Trinajstić information content (AvgIpc) is 3.03. The topological polar surface area (TPSA) is 7.94 Å². The van der Waals surface area contributed by atoms with E-state index in [0.717, 1.165) is 19.0 Å². The van der Waals surface area contributed by atoms with Crippen molar-refractivity contribution in [2.75, 3.05) is 0 Å². The molecule has 2 nitrogen and oxygen atoms in total. The Bertz CT molecular complexity index is 974. The van der Waals surface area contributed by atoms with Crippen LogP contribution in [0.15, 0.2) is 57.3 Å². The van der Waals surface area contributed by atoms with Gasteiger partial charge in [-0.05, 0) is 51.8 Å². The van der Waals surface area contributed by atoms with Crippen LogP contribution >= 0.6 is 59.4 Å². The summed E-state index contributed by atoms with van der Waals surface area (Å²) in [5.41, 5.74) is 2.35. The maximum absolute atomic E-state index is 15.1. The summed E-state index contributed by atoms with van der Waals surface area (Å²) in [6.07, 6.45) is 3.32. The van der Waals surface area contributed by atoms with Crippen molar-refractivity contribution in [3.63, 3.8) is 0 Å². The van der Waals surface area contributed by atoms with Crippen molar-refractivity contribution in [3.8, 4) is 0 Å². The number of hydrogen-bond donors (Lipinski definition) is 0. The van der Waals surface area contributed by atoms with Crippen molar-refractivity contribution in [2.24, 2.45) is 0 Å². The third-order valence-electron chi connectivity index (χ3n) is 4.02. The van der Waals surface area contributed by atoms with E-state index in [-0.39, 0.29) is 0 Å². The first-order chi connectivity index (χ1) is 11.3. The molecule has 3 heterocycles. The Balaban J connectivity index is 2.12. The van der Waals surface area contributed by atoms with Crippen LogP contribution < -0.4 is 0 Å². The molecule has 0 fully saturated rings. The quantitative estimate of drug-likeness (QED) is 0.391. The molecule has 0 radical (unpaired) electrons. The Morgan fingerprint density at radius 1 is 1.04 bits per heavy atom. The summed E-state index contributed by atoms with van der Waals surface area (Å²) in [5.74, 6) is 0. The number of aromatic nitrogens is 1. The number of halogens is 6. The van der Waals surface area contributed by atoms with Gasteiger partial charge < -0.3 is 17.6 Å². The molecule has 0 saturated carbocycles. The zero-order valence-electron chi connectivity index (χ0n) is 11.8. The van der Waals surface area contributed by atoms with Crippen molar-refractivity contribution in [1.82, 2.24) is 4.48 Å². The van der Waals surface area contributed by atoms with Gasteiger partial charge in [0.25, 0.3) is 0 Å². The Morgan fingerprint density at radius 3 is 2.50 bits per heavy atom. The van der Waals surface area contributed by atoms with Crippen LogP contribution in [0.5, 0.6) is 0 Å². The minimum absolute atomic E-state index is 0.326. The molecule has 4 rings (SSSR count). The second kappa shape index (κ2) is 5.66. The number of allylic oxidation sites excluding steroid dienone is 2. The molecule has 2 aliphatic heterocycles. The highest BCUT2D eigenvalue weighted by Gasteiger charge is 2.54. The van der Waals surface area contributed by atoms with Gasteiger partial charge in [-0.25, -0.2) is 0 Å². The zero-order chi connectivity index (χ0) is 17.2. The molecule has 2 aliphatic rings. The van der Waals surface area contributed by atoms with Crippen LogP contribution in [0.1, 0.15) is 11.3 Å². The fourth-order valence-electron chi connectivity index (χ4n) is 3.13. The van der Waals surface area contributed by atoms with Crippen molar-refractivity contribution in [1.29, 1.82) is 0 Å². The van der Waals surface area contributed by atoms with Gasteiger partial charge in [0, 0.05) is 43.3 Å². The minimum atomic E-state index is -4.01. The van der Waals surface area contributed by atoms with Crippen LogP contribution in [-0.2, 0) is 0 Å². The van der Waals surface area contributed by atoms with Gasteiger partial charge in [0.2, 0.25) is 4.62 Å². The van der Waals surface area contributed by atoms with Crippen LogP contribution in [-0.4, -0.2) is 20.6 Å². The first kappa shape index (κ1) is 16.8. The molecular formula is C15H7BBr3ClF2N2. The van der Waals surface area contributed by atoms with Gasteiger partial charge in [0.1, 0.15) is 0 Å².